The molecule has 2 rings (SSSR count). The van der Waals surface area contributed by atoms with Crippen LogP contribution in [-0.4, -0.2) is 16.8 Å². The molecule has 0 saturated carbocycles. The molecule has 22 heavy (non-hydrogen) atoms. The third kappa shape index (κ3) is 5.14. The summed E-state index contributed by atoms with van der Waals surface area (Å²) >= 11 is 1.54. The fourth-order valence-electron chi connectivity index (χ4n) is 1.83. The lowest BCUT2D eigenvalue weighted by Gasteiger charge is -2.06. The number of thiazole rings is 1. The normalized spacial score (nSPS) is 10.6. The first-order valence-electron chi connectivity index (χ1n) is 6.77. The van der Waals surface area contributed by atoms with Crippen molar-refractivity contribution in [3.05, 3.63) is 52.0 Å². The first-order valence-corrected chi connectivity index (χ1v) is 7.65. The minimum absolute atomic E-state index is 0.123. The molecule has 114 valence electrons. The Morgan fingerprint density at radius 2 is 2.18 bits per heavy atom. The lowest BCUT2D eigenvalue weighted by atomic mass is 10.2. The summed E-state index contributed by atoms with van der Waals surface area (Å²) in [5.41, 5.74) is 2.41. The maximum absolute atomic E-state index is 11.8. The molecule has 0 fully saturated rings. The fourth-order valence-corrected chi connectivity index (χ4v) is 2.41. The van der Waals surface area contributed by atoms with E-state index in [4.69, 9.17) is 0 Å². The van der Waals surface area contributed by atoms with Crippen molar-refractivity contribution >= 4 is 34.9 Å². The molecule has 2 amide bonds. The van der Waals surface area contributed by atoms with E-state index in [0.29, 0.717) is 12.2 Å². The van der Waals surface area contributed by atoms with E-state index in [9.17, 15) is 9.59 Å². The molecule has 5 nitrogen and oxygen atoms in total. The van der Waals surface area contributed by atoms with Gasteiger partial charge >= 0.3 is 0 Å². The molecule has 1 aromatic heterocycles. The molecule has 0 aliphatic rings. The maximum Gasteiger partial charge on any atom is 0.244 e. The lowest BCUT2D eigenvalue weighted by Crippen LogP contribution is -2.20. The number of carbonyl (C=O) groups is 2. The van der Waals surface area contributed by atoms with Gasteiger partial charge in [0.1, 0.15) is 0 Å². The van der Waals surface area contributed by atoms with Gasteiger partial charge in [0.25, 0.3) is 0 Å². The third-order valence-electron chi connectivity index (χ3n) is 2.76. The van der Waals surface area contributed by atoms with Crippen LogP contribution in [0, 0.1) is 6.92 Å². The highest BCUT2D eigenvalue weighted by atomic mass is 32.1. The zero-order chi connectivity index (χ0) is 15.9. The van der Waals surface area contributed by atoms with Crippen LogP contribution in [0.3, 0.4) is 0 Å². The average molecular weight is 315 g/mol. The molecule has 1 heterocycles. The van der Waals surface area contributed by atoms with Crippen molar-refractivity contribution in [3.63, 3.8) is 0 Å². The third-order valence-corrected chi connectivity index (χ3v) is 3.55. The topological polar surface area (TPSA) is 71.1 Å². The highest BCUT2D eigenvalue weighted by Gasteiger charge is 2.00. The van der Waals surface area contributed by atoms with Crippen molar-refractivity contribution in [2.75, 3.05) is 5.32 Å². The zero-order valence-electron chi connectivity index (χ0n) is 12.4. The Kier molecular flexibility index (Phi) is 5.43. The van der Waals surface area contributed by atoms with Gasteiger partial charge in [0.2, 0.25) is 11.8 Å². The number of aromatic nitrogens is 1. The number of nitrogens with one attached hydrogen (secondary N) is 2. The highest BCUT2D eigenvalue weighted by Crippen LogP contribution is 2.11. The lowest BCUT2D eigenvalue weighted by molar-refractivity contribution is -0.116. The van der Waals surface area contributed by atoms with Gasteiger partial charge in [0, 0.05) is 30.6 Å². The summed E-state index contributed by atoms with van der Waals surface area (Å²) in [6.07, 6.45) is 3.15. The van der Waals surface area contributed by atoms with Crippen LogP contribution in [0.4, 0.5) is 5.69 Å². The summed E-state index contributed by atoms with van der Waals surface area (Å²) < 4.78 is 0. The number of benzene rings is 1. The number of amides is 2. The molecule has 0 spiro atoms. The number of aryl methyl sites for hydroxylation is 1. The first-order chi connectivity index (χ1) is 10.5. The van der Waals surface area contributed by atoms with E-state index in [1.165, 1.54) is 13.0 Å². The second kappa shape index (κ2) is 7.51. The standard InChI is InChI=1S/C16H17N3O2S/c1-11(20)18-14-5-3-4-13(8-14)9-17-16(21)7-6-15-10-22-12(2)19-15/h3-8,10H,9H2,1-2H3,(H,17,21)(H,18,20)/b7-6+. The number of nitrogens with zero attached hydrogens (tertiary/aromatic N) is 1. The van der Waals surface area contributed by atoms with Gasteiger partial charge in [-0.25, -0.2) is 4.98 Å². The Morgan fingerprint density at radius 1 is 1.36 bits per heavy atom. The summed E-state index contributed by atoms with van der Waals surface area (Å²) in [5.74, 6) is -0.307. The molecule has 0 unspecified atom stereocenters. The van der Waals surface area contributed by atoms with E-state index >= 15 is 0 Å². The van der Waals surface area contributed by atoms with E-state index in [1.807, 2.05) is 30.5 Å². The maximum atomic E-state index is 11.8. The first kappa shape index (κ1) is 15.9. The minimum Gasteiger partial charge on any atom is -0.348 e. The van der Waals surface area contributed by atoms with Crippen LogP contribution in [0.25, 0.3) is 6.08 Å². The summed E-state index contributed by atoms with van der Waals surface area (Å²) in [6.45, 7) is 3.77. The zero-order valence-corrected chi connectivity index (χ0v) is 13.2. The van der Waals surface area contributed by atoms with E-state index in [1.54, 1.807) is 23.5 Å². The quantitative estimate of drug-likeness (QED) is 0.833. The second-order valence-electron chi connectivity index (χ2n) is 4.72. The van der Waals surface area contributed by atoms with Crippen molar-refractivity contribution in [2.24, 2.45) is 0 Å². The molecule has 2 N–H and O–H groups in total. The Labute approximate surface area is 133 Å². The molecular weight excluding hydrogens is 298 g/mol. The number of rotatable bonds is 5. The predicted molar refractivity (Wildman–Crippen MR) is 88.5 cm³/mol. The molecule has 0 aliphatic carbocycles. The summed E-state index contributed by atoms with van der Waals surface area (Å²) in [5, 5.41) is 8.37. The van der Waals surface area contributed by atoms with Crippen LogP contribution in [0.5, 0.6) is 0 Å². The molecule has 6 heteroatoms. The van der Waals surface area contributed by atoms with Crippen molar-refractivity contribution in [1.82, 2.24) is 10.3 Å². The molecule has 0 radical (unpaired) electrons. The van der Waals surface area contributed by atoms with Crippen molar-refractivity contribution < 1.29 is 9.59 Å². The minimum atomic E-state index is -0.185. The van der Waals surface area contributed by atoms with E-state index < -0.39 is 0 Å². The predicted octanol–water partition coefficient (Wildman–Crippen LogP) is 2.74. The summed E-state index contributed by atoms with van der Waals surface area (Å²) in [7, 11) is 0. The van der Waals surface area contributed by atoms with Crippen molar-refractivity contribution in [2.45, 2.75) is 20.4 Å². The van der Waals surface area contributed by atoms with Crippen LogP contribution in [0.1, 0.15) is 23.2 Å². The number of hydrogen-bond acceptors (Lipinski definition) is 4. The van der Waals surface area contributed by atoms with Crippen LogP contribution >= 0.6 is 11.3 Å². The Bertz CT molecular complexity index is 707. The van der Waals surface area contributed by atoms with Gasteiger partial charge < -0.3 is 10.6 Å². The molecule has 0 atom stereocenters. The van der Waals surface area contributed by atoms with Gasteiger partial charge in [0.15, 0.2) is 0 Å². The number of hydrogen-bond donors (Lipinski definition) is 2. The van der Waals surface area contributed by atoms with Crippen LogP contribution in [0.15, 0.2) is 35.7 Å². The van der Waals surface area contributed by atoms with Crippen LogP contribution < -0.4 is 10.6 Å². The van der Waals surface area contributed by atoms with Crippen LogP contribution in [-0.2, 0) is 16.1 Å². The Morgan fingerprint density at radius 3 is 2.86 bits per heavy atom. The van der Waals surface area contributed by atoms with Gasteiger partial charge in [0.05, 0.1) is 10.7 Å². The Balaban J connectivity index is 1.88. The number of carbonyl (C=O) groups excluding carboxylic acids is 2. The van der Waals surface area contributed by atoms with E-state index in [-0.39, 0.29) is 11.8 Å². The van der Waals surface area contributed by atoms with Gasteiger partial charge in [-0.2, -0.15) is 0 Å². The highest BCUT2D eigenvalue weighted by molar-refractivity contribution is 7.09. The number of anilines is 1. The second-order valence-corrected chi connectivity index (χ2v) is 5.79. The largest absolute Gasteiger partial charge is 0.348 e. The SMILES string of the molecule is CC(=O)Nc1cccc(CNC(=O)/C=C/c2csc(C)n2)c1. The van der Waals surface area contributed by atoms with Crippen LogP contribution in [0.2, 0.25) is 0 Å². The van der Waals surface area contributed by atoms with Gasteiger partial charge in [-0.3, -0.25) is 9.59 Å². The Hall–Kier alpha value is -2.47. The smallest absolute Gasteiger partial charge is 0.244 e. The monoisotopic (exact) mass is 315 g/mol. The van der Waals surface area contributed by atoms with Gasteiger partial charge in [-0.15, -0.1) is 11.3 Å². The summed E-state index contributed by atoms with van der Waals surface area (Å²) in [6, 6.07) is 7.35. The van der Waals surface area contributed by atoms with Crippen molar-refractivity contribution in [3.8, 4) is 0 Å². The molecular formula is C16H17N3O2S. The van der Waals surface area contributed by atoms with Crippen molar-refractivity contribution in [1.29, 1.82) is 0 Å². The fraction of sp³-hybridized carbons (Fsp3) is 0.188. The average Bonchev–Trinajstić information content (AvgIpc) is 2.88. The van der Waals surface area contributed by atoms with E-state index in [0.717, 1.165) is 16.3 Å². The molecule has 0 saturated heterocycles. The van der Waals surface area contributed by atoms with E-state index in [2.05, 4.69) is 15.6 Å². The molecule has 0 aliphatic heterocycles. The molecule has 2 aromatic rings. The van der Waals surface area contributed by atoms with Gasteiger partial charge in [-0.05, 0) is 30.7 Å². The molecule has 1 aromatic carbocycles. The van der Waals surface area contributed by atoms with Gasteiger partial charge in [-0.1, -0.05) is 12.1 Å². The molecule has 0 bridgehead atoms. The summed E-state index contributed by atoms with van der Waals surface area (Å²) in [4.78, 5) is 27.0.